The Bertz CT molecular complexity index is 550. The van der Waals surface area contributed by atoms with Crippen LogP contribution in [-0.2, 0) is 0 Å². The van der Waals surface area contributed by atoms with Crippen molar-refractivity contribution >= 4 is 5.91 Å². The zero-order chi connectivity index (χ0) is 15.8. The van der Waals surface area contributed by atoms with E-state index in [1.807, 2.05) is 0 Å². The van der Waals surface area contributed by atoms with Crippen LogP contribution in [0.4, 0.5) is 13.2 Å². The second-order valence-corrected chi connectivity index (χ2v) is 5.41. The Morgan fingerprint density at radius 1 is 1.29 bits per heavy atom. The van der Waals surface area contributed by atoms with Crippen LogP contribution in [0.3, 0.4) is 0 Å². The fraction of sp³-hybridized carbons (Fsp3) is 0.571. The van der Waals surface area contributed by atoms with Crippen molar-refractivity contribution in [1.29, 1.82) is 0 Å². The number of hydrogen-bond donors (Lipinski definition) is 1. The SMILES string of the molecule is Cc1ccc(C(=O)N2CCC(O)(C(F)(F)F)CC2)c(C)n1. The first-order valence-electron chi connectivity index (χ1n) is 6.67. The van der Waals surface area contributed by atoms with Crippen LogP contribution in [0.25, 0.3) is 0 Å². The maximum Gasteiger partial charge on any atom is 0.417 e. The third-order valence-electron chi connectivity index (χ3n) is 3.86. The molecular weight excluding hydrogens is 285 g/mol. The van der Waals surface area contributed by atoms with Gasteiger partial charge in [0.25, 0.3) is 5.91 Å². The molecule has 1 saturated heterocycles. The molecule has 0 bridgehead atoms. The summed E-state index contributed by atoms with van der Waals surface area (Å²) in [5.41, 5.74) is -0.978. The van der Waals surface area contributed by atoms with E-state index in [0.717, 1.165) is 5.69 Å². The van der Waals surface area contributed by atoms with Gasteiger partial charge in [0.05, 0.1) is 11.3 Å². The van der Waals surface area contributed by atoms with Crippen molar-refractivity contribution in [3.8, 4) is 0 Å². The molecule has 0 radical (unpaired) electrons. The topological polar surface area (TPSA) is 53.4 Å². The van der Waals surface area contributed by atoms with Crippen LogP contribution in [0.15, 0.2) is 12.1 Å². The van der Waals surface area contributed by atoms with E-state index in [-0.39, 0.29) is 19.0 Å². The van der Waals surface area contributed by atoms with Gasteiger partial charge < -0.3 is 10.0 Å². The van der Waals surface area contributed by atoms with E-state index in [2.05, 4.69) is 4.98 Å². The molecule has 2 rings (SSSR count). The lowest BCUT2D eigenvalue weighted by atomic mass is 9.90. The van der Waals surface area contributed by atoms with Gasteiger partial charge in [0.2, 0.25) is 0 Å². The maximum absolute atomic E-state index is 12.7. The fourth-order valence-corrected chi connectivity index (χ4v) is 2.45. The minimum atomic E-state index is -4.66. The molecule has 4 nitrogen and oxygen atoms in total. The van der Waals surface area contributed by atoms with Crippen molar-refractivity contribution in [2.24, 2.45) is 0 Å². The van der Waals surface area contributed by atoms with Crippen molar-refractivity contribution in [2.75, 3.05) is 13.1 Å². The van der Waals surface area contributed by atoms with E-state index in [1.165, 1.54) is 4.90 Å². The average Bonchev–Trinajstić information content (AvgIpc) is 2.37. The number of alkyl halides is 3. The Labute approximate surface area is 120 Å². The first-order valence-corrected chi connectivity index (χ1v) is 6.67. The highest BCUT2D eigenvalue weighted by Gasteiger charge is 2.54. The van der Waals surface area contributed by atoms with Gasteiger partial charge in [-0.15, -0.1) is 0 Å². The summed E-state index contributed by atoms with van der Waals surface area (Å²) in [5, 5.41) is 9.59. The number of nitrogens with zero attached hydrogens (tertiary/aromatic N) is 2. The van der Waals surface area contributed by atoms with Crippen LogP contribution < -0.4 is 0 Å². The summed E-state index contributed by atoms with van der Waals surface area (Å²) in [5.74, 6) is -0.343. The highest BCUT2D eigenvalue weighted by atomic mass is 19.4. The Balaban J connectivity index is 2.10. The Morgan fingerprint density at radius 3 is 2.33 bits per heavy atom. The number of carbonyl (C=O) groups excluding carboxylic acids is 1. The van der Waals surface area contributed by atoms with Gasteiger partial charge in [-0.3, -0.25) is 9.78 Å². The summed E-state index contributed by atoms with van der Waals surface area (Å²) in [6.45, 7) is 3.24. The molecule has 0 saturated carbocycles. The molecule has 0 aromatic carbocycles. The number of halogens is 3. The van der Waals surface area contributed by atoms with Gasteiger partial charge >= 0.3 is 6.18 Å². The summed E-state index contributed by atoms with van der Waals surface area (Å²) in [4.78, 5) is 17.8. The van der Waals surface area contributed by atoms with Crippen LogP contribution >= 0.6 is 0 Å². The minimum Gasteiger partial charge on any atom is -0.380 e. The number of carbonyl (C=O) groups is 1. The molecule has 1 amide bonds. The number of rotatable bonds is 1. The molecular formula is C14H17F3N2O2. The van der Waals surface area contributed by atoms with Gasteiger partial charge in [-0.1, -0.05) is 0 Å². The molecule has 1 aromatic rings. The molecule has 21 heavy (non-hydrogen) atoms. The van der Waals surface area contributed by atoms with E-state index in [9.17, 15) is 23.1 Å². The van der Waals surface area contributed by atoms with Crippen molar-refractivity contribution in [1.82, 2.24) is 9.88 Å². The van der Waals surface area contributed by atoms with Gasteiger partial charge in [0, 0.05) is 31.6 Å². The minimum absolute atomic E-state index is 0.123. The van der Waals surface area contributed by atoms with Crippen LogP contribution in [0.5, 0.6) is 0 Å². The number of amides is 1. The second-order valence-electron chi connectivity index (χ2n) is 5.41. The third-order valence-corrected chi connectivity index (χ3v) is 3.86. The molecule has 1 aromatic heterocycles. The summed E-state index contributed by atoms with van der Waals surface area (Å²) >= 11 is 0. The smallest absolute Gasteiger partial charge is 0.380 e. The highest BCUT2D eigenvalue weighted by molar-refractivity contribution is 5.95. The monoisotopic (exact) mass is 302 g/mol. The lowest BCUT2D eigenvalue weighted by Gasteiger charge is -2.39. The Morgan fingerprint density at radius 2 is 1.86 bits per heavy atom. The van der Waals surface area contributed by atoms with Crippen LogP contribution in [0.1, 0.15) is 34.6 Å². The molecule has 0 spiro atoms. The van der Waals surface area contributed by atoms with Gasteiger partial charge in [-0.25, -0.2) is 0 Å². The number of hydrogen-bond acceptors (Lipinski definition) is 3. The third kappa shape index (κ3) is 3.02. The van der Waals surface area contributed by atoms with Crippen LogP contribution in [-0.4, -0.2) is 45.8 Å². The molecule has 1 aliphatic heterocycles. The van der Waals surface area contributed by atoms with Crippen molar-refractivity contribution in [3.63, 3.8) is 0 Å². The predicted molar refractivity (Wildman–Crippen MR) is 69.9 cm³/mol. The van der Waals surface area contributed by atoms with E-state index < -0.39 is 24.6 Å². The first kappa shape index (κ1) is 15.8. The molecule has 116 valence electrons. The molecule has 0 unspecified atom stereocenters. The van der Waals surface area contributed by atoms with Crippen LogP contribution in [0.2, 0.25) is 0 Å². The largest absolute Gasteiger partial charge is 0.417 e. The van der Waals surface area contributed by atoms with Gasteiger partial charge in [-0.2, -0.15) is 13.2 Å². The van der Waals surface area contributed by atoms with Gasteiger partial charge in [-0.05, 0) is 26.0 Å². The Kier molecular flexibility index (Phi) is 3.97. The number of aliphatic hydroxyl groups is 1. The molecule has 1 N–H and O–H groups in total. The molecule has 2 heterocycles. The molecule has 0 aliphatic carbocycles. The number of aromatic nitrogens is 1. The lowest BCUT2D eigenvalue weighted by Crippen LogP contribution is -2.54. The van der Waals surface area contributed by atoms with Gasteiger partial charge in [0.1, 0.15) is 0 Å². The van der Waals surface area contributed by atoms with Crippen molar-refractivity contribution in [3.05, 3.63) is 29.1 Å². The molecule has 1 fully saturated rings. The number of aryl methyl sites for hydroxylation is 2. The molecule has 7 heteroatoms. The zero-order valence-corrected chi connectivity index (χ0v) is 11.9. The second kappa shape index (κ2) is 5.29. The van der Waals surface area contributed by atoms with Gasteiger partial charge in [0.15, 0.2) is 5.60 Å². The normalized spacial score (nSPS) is 18.7. The molecule has 0 atom stereocenters. The van der Waals surface area contributed by atoms with E-state index in [4.69, 9.17) is 0 Å². The lowest BCUT2D eigenvalue weighted by molar-refractivity contribution is -0.271. The van der Waals surface area contributed by atoms with Crippen molar-refractivity contribution < 1.29 is 23.1 Å². The summed E-state index contributed by atoms with van der Waals surface area (Å²) in [6, 6.07) is 3.32. The average molecular weight is 302 g/mol. The highest BCUT2D eigenvalue weighted by Crippen LogP contribution is 2.38. The van der Waals surface area contributed by atoms with E-state index >= 15 is 0 Å². The first-order chi connectivity index (χ1) is 9.64. The summed E-state index contributed by atoms with van der Waals surface area (Å²) < 4.78 is 38.2. The number of piperidine rings is 1. The zero-order valence-electron chi connectivity index (χ0n) is 11.9. The standard InChI is InChI=1S/C14H17F3N2O2/c1-9-3-4-11(10(2)18-9)12(20)19-7-5-13(21,6-8-19)14(15,16)17/h3-4,21H,5-8H2,1-2H3. The quantitative estimate of drug-likeness (QED) is 0.865. The number of likely N-dealkylation sites (tertiary alicyclic amines) is 1. The Hall–Kier alpha value is -1.63. The predicted octanol–water partition coefficient (Wildman–Crippen LogP) is 2.23. The van der Waals surface area contributed by atoms with E-state index in [0.29, 0.717) is 11.3 Å². The van der Waals surface area contributed by atoms with E-state index in [1.54, 1.807) is 26.0 Å². The summed E-state index contributed by atoms with van der Waals surface area (Å²) in [7, 11) is 0. The summed E-state index contributed by atoms with van der Waals surface area (Å²) in [6.07, 6.45) is -5.66. The van der Waals surface area contributed by atoms with Crippen LogP contribution in [0, 0.1) is 13.8 Å². The number of pyridine rings is 1. The maximum atomic E-state index is 12.7. The molecule has 1 aliphatic rings. The van der Waals surface area contributed by atoms with Crippen molar-refractivity contribution in [2.45, 2.75) is 38.5 Å². The fourth-order valence-electron chi connectivity index (χ4n) is 2.45.